The molecule has 1 atom stereocenters. The summed E-state index contributed by atoms with van der Waals surface area (Å²) in [5.74, 6) is 0.319. The number of carbonyl (C=O) groups is 1. The lowest BCUT2D eigenvalue weighted by Gasteiger charge is -2.12. The van der Waals surface area contributed by atoms with Gasteiger partial charge in [-0.05, 0) is 26.0 Å². The lowest BCUT2D eigenvalue weighted by Crippen LogP contribution is -2.13. The number of aromatic nitrogens is 2. The largest absolute Gasteiger partial charge is 0.376 e. The lowest BCUT2D eigenvalue weighted by molar-refractivity contribution is 0.102. The minimum Gasteiger partial charge on any atom is -0.376 e. The highest BCUT2D eigenvalue weighted by atomic mass is 32.1. The molecule has 2 heterocycles. The van der Waals surface area contributed by atoms with Gasteiger partial charge in [0, 0.05) is 21.2 Å². The molecule has 0 aliphatic heterocycles. The van der Waals surface area contributed by atoms with Crippen molar-refractivity contribution in [3.05, 3.63) is 33.9 Å². The van der Waals surface area contributed by atoms with E-state index in [4.69, 9.17) is 4.74 Å². The van der Waals surface area contributed by atoms with E-state index in [-0.39, 0.29) is 12.0 Å². The quantitative estimate of drug-likeness (QED) is 0.917. The fourth-order valence-corrected chi connectivity index (χ4v) is 2.79. The van der Waals surface area contributed by atoms with E-state index in [0.717, 1.165) is 10.7 Å². The van der Waals surface area contributed by atoms with E-state index >= 15 is 0 Å². The van der Waals surface area contributed by atoms with Gasteiger partial charge >= 0.3 is 0 Å². The van der Waals surface area contributed by atoms with Gasteiger partial charge in [-0.2, -0.15) is 0 Å². The van der Waals surface area contributed by atoms with Crippen LogP contribution >= 0.6 is 11.3 Å². The third kappa shape index (κ3) is 3.61. The monoisotopic (exact) mass is 320 g/mol. The zero-order valence-corrected chi connectivity index (χ0v) is 14.2. The number of aryl methyl sites for hydroxylation is 1. The molecule has 0 unspecified atom stereocenters. The van der Waals surface area contributed by atoms with Crippen LogP contribution in [-0.2, 0) is 4.74 Å². The van der Waals surface area contributed by atoms with Crippen molar-refractivity contribution in [2.75, 3.05) is 31.4 Å². The minimum absolute atomic E-state index is 0.122. The van der Waals surface area contributed by atoms with Gasteiger partial charge in [-0.1, -0.05) is 0 Å². The molecule has 2 aromatic heterocycles. The van der Waals surface area contributed by atoms with E-state index in [1.165, 1.54) is 11.3 Å². The van der Waals surface area contributed by atoms with Crippen molar-refractivity contribution in [3.8, 4) is 0 Å². The van der Waals surface area contributed by atoms with Crippen LogP contribution < -0.4 is 10.2 Å². The molecule has 0 bridgehead atoms. The number of anilines is 2. The molecule has 118 valence electrons. The predicted octanol–water partition coefficient (Wildman–Crippen LogP) is 2.87. The molecule has 2 aromatic rings. The van der Waals surface area contributed by atoms with Gasteiger partial charge < -0.3 is 15.0 Å². The van der Waals surface area contributed by atoms with Crippen LogP contribution in [0.2, 0.25) is 0 Å². The molecule has 7 heteroatoms. The molecule has 1 amide bonds. The topological polar surface area (TPSA) is 67.3 Å². The van der Waals surface area contributed by atoms with E-state index in [1.807, 2.05) is 38.9 Å². The molecule has 0 aliphatic rings. The zero-order chi connectivity index (χ0) is 16.3. The van der Waals surface area contributed by atoms with Gasteiger partial charge in [-0.3, -0.25) is 4.79 Å². The SMILES string of the molecule is CO[C@H](C)c1nc(C)c(C(=O)Nc2ccc(N(C)C)cn2)s1. The van der Waals surface area contributed by atoms with E-state index in [1.54, 1.807) is 19.4 Å². The average Bonchev–Trinajstić information content (AvgIpc) is 2.89. The van der Waals surface area contributed by atoms with Crippen LogP contribution in [0.25, 0.3) is 0 Å². The minimum atomic E-state index is -0.199. The predicted molar refractivity (Wildman–Crippen MR) is 88.8 cm³/mol. The smallest absolute Gasteiger partial charge is 0.268 e. The Morgan fingerprint density at radius 1 is 1.41 bits per heavy atom. The summed E-state index contributed by atoms with van der Waals surface area (Å²) in [6, 6.07) is 3.68. The van der Waals surface area contributed by atoms with E-state index in [9.17, 15) is 4.79 Å². The number of pyridine rings is 1. The van der Waals surface area contributed by atoms with E-state index in [2.05, 4.69) is 15.3 Å². The van der Waals surface area contributed by atoms with Crippen molar-refractivity contribution in [2.45, 2.75) is 20.0 Å². The molecular weight excluding hydrogens is 300 g/mol. The third-order valence-electron chi connectivity index (χ3n) is 3.23. The summed E-state index contributed by atoms with van der Waals surface area (Å²) in [5, 5.41) is 3.59. The molecule has 1 N–H and O–H groups in total. The van der Waals surface area contributed by atoms with Crippen LogP contribution in [0.5, 0.6) is 0 Å². The normalized spacial score (nSPS) is 12.0. The van der Waals surface area contributed by atoms with Crippen LogP contribution in [0.1, 0.15) is 33.4 Å². The molecule has 0 radical (unpaired) electrons. The number of hydrogen-bond donors (Lipinski definition) is 1. The number of rotatable bonds is 5. The number of thiazole rings is 1. The molecule has 0 saturated carbocycles. The molecule has 0 aliphatic carbocycles. The van der Waals surface area contributed by atoms with Crippen LogP contribution in [-0.4, -0.2) is 37.1 Å². The van der Waals surface area contributed by atoms with Crippen molar-refractivity contribution < 1.29 is 9.53 Å². The lowest BCUT2D eigenvalue weighted by atomic mass is 10.3. The highest BCUT2D eigenvalue weighted by Crippen LogP contribution is 2.26. The molecule has 6 nitrogen and oxygen atoms in total. The fourth-order valence-electron chi connectivity index (χ4n) is 1.80. The average molecular weight is 320 g/mol. The summed E-state index contributed by atoms with van der Waals surface area (Å²) in [6.07, 6.45) is 1.59. The van der Waals surface area contributed by atoms with Crippen molar-refractivity contribution in [1.82, 2.24) is 9.97 Å². The number of amides is 1. The summed E-state index contributed by atoms with van der Waals surface area (Å²) >= 11 is 1.34. The van der Waals surface area contributed by atoms with Gasteiger partial charge in [0.15, 0.2) is 0 Å². The van der Waals surface area contributed by atoms with Crippen molar-refractivity contribution >= 4 is 28.7 Å². The first-order chi connectivity index (χ1) is 10.4. The van der Waals surface area contributed by atoms with Gasteiger partial charge in [0.1, 0.15) is 21.8 Å². The Balaban J connectivity index is 2.13. The Bertz CT molecular complexity index is 652. The van der Waals surface area contributed by atoms with Crippen molar-refractivity contribution in [3.63, 3.8) is 0 Å². The Morgan fingerprint density at radius 3 is 2.68 bits per heavy atom. The molecule has 2 rings (SSSR count). The number of ether oxygens (including phenoxy) is 1. The van der Waals surface area contributed by atoms with Crippen LogP contribution in [0.4, 0.5) is 11.5 Å². The van der Waals surface area contributed by atoms with Crippen LogP contribution in [0.3, 0.4) is 0 Å². The van der Waals surface area contributed by atoms with E-state index in [0.29, 0.717) is 16.4 Å². The third-order valence-corrected chi connectivity index (χ3v) is 4.54. The maximum atomic E-state index is 12.3. The van der Waals surface area contributed by atoms with Gasteiger partial charge in [-0.25, -0.2) is 9.97 Å². The van der Waals surface area contributed by atoms with Crippen LogP contribution in [0, 0.1) is 6.92 Å². The summed E-state index contributed by atoms with van der Waals surface area (Å²) in [7, 11) is 5.50. The Kier molecular flexibility index (Phi) is 5.10. The van der Waals surface area contributed by atoms with Crippen molar-refractivity contribution in [1.29, 1.82) is 0 Å². The highest BCUT2D eigenvalue weighted by molar-refractivity contribution is 7.14. The maximum absolute atomic E-state index is 12.3. The number of nitrogens with zero attached hydrogens (tertiary/aromatic N) is 3. The molecule has 0 saturated heterocycles. The number of carbonyl (C=O) groups excluding carboxylic acids is 1. The standard InChI is InChI=1S/C15H20N4O2S/c1-9-13(22-15(17-9)10(2)21-5)14(20)18-12-7-6-11(8-16-12)19(3)4/h6-8,10H,1-5H3,(H,16,18,20)/t10-/m1/s1. The Labute approximate surface area is 134 Å². The second kappa shape index (κ2) is 6.85. The maximum Gasteiger partial charge on any atom is 0.268 e. The van der Waals surface area contributed by atoms with Gasteiger partial charge in [0.2, 0.25) is 0 Å². The molecule has 0 aromatic carbocycles. The zero-order valence-electron chi connectivity index (χ0n) is 13.4. The molecule has 22 heavy (non-hydrogen) atoms. The van der Waals surface area contributed by atoms with Crippen LogP contribution in [0.15, 0.2) is 18.3 Å². The van der Waals surface area contributed by atoms with Gasteiger partial charge in [0.25, 0.3) is 5.91 Å². The highest BCUT2D eigenvalue weighted by Gasteiger charge is 2.18. The first-order valence-corrected chi connectivity index (χ1v) is 7.69. The number of hydrogen-bond acceptors (Lipinski definition) is 6. The Hall–Kier alpha value is -1.99. The fraction of sp³-hybridized carbons (Fsp3) is 0.400. The Morgan fingerprint density at radius 2 is 2.14 bits per heavy atom. The van der Waals surface area contributed by atoms with Gasteiger partial charge in [0.05, 0.1) is 17.6 Å². The molecule has 0 spiro atoms. The molecular formula is C15H20N4O2S. The first-order valence-electron chi connectivity index (χ1n) is 6.87. The summed E-state index contributed by atoms with van der Waals surface area (Å²) in [4.78, 5) is 23.5. The molecule has 0 fully saturated rings. The summed E-state index contributed by atoms with van der Waals surface area (Å²) in [6.45, 7) is 3.72. The van der Waals surface area contributed by atoms with Gasteiger partial charge in [-0.15, -0.1) is 11.3 Å². The van der Waals surface area contributed by atoms with E-state index < -0.39 is 0 Å². The summed E-state index contributed by atoms with van der Waals surface area (Å²) < 4.78 is 5.24. The summed E-state index contributed by atoms with van der Waals surface area (Å²) in [5.41, 5.74) is 1.68. The second-order valence-electron chi connectivity index (χ2n) is 5.09. The second-order valence-corrected chi connectivity index (χ2v) is 6.13. The number of nitrogens with one attached hydrogen (secondary N) is 1. The number of methoxy groups -OCH3 is 1. The van der Waals surface area contributed by atoms with Crippen molar-refractivity contribution in [2.24, 2.45) is 0 Å². The first kappa shape index (κ1) is 16.4.